The number of hydrogen-bond donors (Lipinski definition) is 2. The fraction of sp³-hybridized carbons (Fsp3) is 0.375. The van der Waals surface area contributed by atoms with E-state index in [1.807, 2.05) is 57.3 Å². The van der Waals surface area contributed by atoms with Gasteiger partial charge in [-0.3, -0.25) is 0 Å². The smallest absolute Gasteiger partial charge is 0.163 e. The Morgan fingerprint density at radius 3 is 2.38 bits per heavy atom. The summed E-state index contributed by atoms with van der Waals surface area (Å²) in [7, 11) is 3.55. The van der Waals surface area contributed by atoms with Gasteiger partial charge in [0.2, 0.25) is 0 Å². The van der Waals surface area contributed by atoms with Crippen molar-refractivity contribution in [2.45, 2.75) is 19.4 Å². The zero-order valence-electron chi connectivity index (χ0n) is 13.0. The Hall–Kier alpha value is -2.14. The van der Waals surface area contributed by atoms with Crippen LogP contribution < -0.4 is 10.6 Å². The molecule has 1 aromatic heterocycles. The van der Waals surface area contributed by atoms with E-state index in [0.717, 1.165) is 17.2 Å². The molecular formula is C16H22N4O. The van der Waals surface area contributed by atoms with Crippen LogP contribution in [0.2, 0.25) is 0 Å². The zero-order chi connectivity index (χ0) is 15.3. The minimum atomic E-state index is -0.252. The van der Waals surface area contributed by atoms with Crippen molar-refractivity contribution in [1.82, 2.24) is 9.97 Å². The first kappa shape index (κ1) is 15.3. The molecule has 1 aromatic carbocycles. The summed E-state index contributed by atoms with van der Waals surface area (Å²) in [6.07, 6.45) is 0. The molecule has 2 aromatic rings. The summed E-state index contributed by atoms with van der Waals surface area (Å²) in [6, 6.07) is 11.8. The van der Waals surface area contributed by atoms with E-state index in [0.29, 0.717) is 12.4 Å². The third kappa shape index (κ3) is 4.16. The van der Waals surface area contributed by atoms with E-state index in [1.165, 1.54) is 0 Å². The number of ether oxygens (including phenoxy) is 1. The molecule has 2 rings (SSSR count). The fourth-order valence-corrected chi connectivity index (χ4v) is 1.76. The molecule has 0 aliphatic rings. The van der Waals surface area contributed by atoms with E-state index >= 15 is 0 Å². The van der Waals surface area contributed by atoms with Gasteiger partial charge in [0.15, 0.2) is 5.82 Å². The Kier molecular flexibility index (Phi) is 4.75. The molecule has 0 atom stereocenters. The molecule has 0 aliphatic carbocycles. The molecule has 5 heteroatoms. The lowest BCUT2D eigenvalue weighted by atomic mass is 10.1. The predicted octanol–water partition coefficient (Wildman–Crippen LogP) is 3.02. The molecule has 2 N–H and O–H groups in total. The van der Waals surface area contributed by atoms with Crippen LogP contribution in [0.4, 0.5) is 11.6 Å². The lowest BCUT2D eigenvalue weighted by molar-refractivity contribution is 0.0343. The van der Waals surface area contributed by atoms with Gasteiger partial charge >= 0.3 is 0 Å². The third-order valence-electron chi connectivity index (χ3n) is 3.26. The molecule has 0 amide bonds. The average Bonchev–Trinajstić information content (AvgIpc) is 2.53. The summed E-state index contributed by atoms with van der Waals surface area (Å²) in [4.78, 5) is 9.06. The molecule has 0 fully saturated rings. The summed E-state index contributed by atoms with van der Waals surface area (Å²) >= 11 is 0. The van der Waals surface area contributed by atoms with Crippen molar-refractivity contribution in [2.24, 2.45) is 0 Å². The number of anilines is 2. The second kappa shape index (κ2) is 6.54. The van der Waals surface area contributed by atoms with Gasteiger partial charge in [0, 0.05) is 32.3 Å². The molecule has 0 bridgehead atoms. The number of nitrogens with one attached hydrogen (secondary N) is 2. The number of nitrogens with zero attached hydrogens (tertiary/aromatic N) is 2. The van der Waals surface area contributed by atoms with Gasteiger partial charge < -0.3 is 15.4 Å². The van der Waals surface area contributed by atoms with E-state index in [9.17, 15) is 0 Å². The molecular weight excluding hydrogens is 264 g/mol. The Balaban J connectivity index is 2.26. The van der Waals surface area contributed by atoms with Gasteiger partial charge in [-0.05, 0) is 13.8 Å². The van der Waals surface area contributed by atoms with Crippen molar-refractivity contribution in [1.29, 1.82) is 0 Å². The number of methoxy groups -OCH3 is 1. The molecule has 0 spiro atoms. The minimum Gasteiger partial charge on any atom is -0.377 e. The van der Waals surface area contributed by atoms with Gasteiger partial charge in [-0.15, -0.1) is 0 Å². The predicted molar refractivity (Wildman–Crippen MR) is 86.6 cm³/mol. The second-order valence-electron chi connectivity index (χ2n) is 5.40. The summed E-state index contributed by atoms with van der Waals surface area (Å²) in [5, 5.41) is 6.37. The molecule has 0 saturated heterocycles. The van der Waals surface area contributed by atoms with E-state index in [-0.39, 0.29) is 5.60 Å². The maximum atomic E-state index is 5.41. The first-order chi connectivity index (χ1) is 10.0. The van der Waals surface area contributed by atoms with Crippen LogP contribution in [-0.4, -0.2) is 36.3 Å². The minimum absolute atomic E-state index is 0.252. The van der Waals surface area contributed by atoms with E-state index in [2.05, 4.69) is 20.6 Å². The largest absolute Gasteiger partial charge is 0.377 e. The van der Waals surface area contributed by atoms with Gasteiger partial charge in [0.05, 0.1) is 5.60 Å². The van der Waals surface area contributed by atoms with Crippen molar-refractivity contribution in [3.8, 4) is 11.4 Å². The number of hydrogen-bond acceptors (Lipinski definition) is 5. The van der Waals surface area contributed by atoms with Crippen LogP contribution in [0.5, 0.6) is 0 Å². The highest BCUT2D eigenvalue weighted by atomic mass is 16.5. The summed E-state index contributed by atoms with van der Waals surface area (Å²) in [6.45, 7) is 4.72. The van der Waals surface area contributed by atoms with Gasteiger partial charge in [-0.1, -0.05) is 30.3 Å². The van der Waals surface area contributed by atoms with Crippen LogP contribution in [-0.2, 0) is 4.74 Å². The van der Waals surface area contributed by atoms with Crippen LogP contribution in [0.1, 0.15) is 13.8 Å². The van der Waals surface area contributed by atoms with Crippen molar-refractivity contribution >= 4 is 11.6 Å². The highest BCUT2D eigenvalue weighted by molar-refractivity contribution is 5.61. The van der Waals surface area contributed by atoms with E-state index in [1.54, 1.807) is 7.11 Å². The van der Waals surface area contributed by atoms with E-state index in [4.69, 9.17) is 4.74 Å². The standard InChI is InChI=1S/C16H22N4O/c1-16(2,21-4)11-18-14-10-13(17-3)19-15(20-14)12-8-6-5-7-9-12/h5-10H,11H2,1-4H3,(H2,17,18,19,20). The Morgan fingerprint density at radius 2 is 1.76 bits per heavy atom. The van der Waals surface area contributed by atoms with Crippen molar-refractivity contribution in [2.75, 3.05) is 31.3 Å². The fourth-order valence-electron chi connectivity index (χ4n) is 1.76. The summed E-state index contributed by atoms with van der Waals surface area (Å²) in [5.41, 5.74) is 0.737. The Bertz CT molecular complexity index is 584. The number of benzene rings is 1. The van der Waals surface area contributed by atoms with E-state index < -0.39 is 0 Å². The Morgan fingerprint density at radius 1 is 1.10 bits per heavy atom. The number of rotatable bonds is 6. The molecule has 0 radical (unpaired) electrons. The maximum absolute atomic E-state index is 5.41. The normalized spacial score (nSPS) is 11.2. The monoisotopic (exact) mass is 286 g/mol. The van der Waals surface area contributed by atoms with Gasteiger partial charge in [0.25, 0.3) is 0 Å². The molecule has 0 unspecified atom stereocenters. The molecule has 0 aliphatic heterocycles. The molecule has 0 saturated carbocycles. The van der Waals surface area contributed by atoms with Crippen molar-refractivity contribution < 1.29 is 4.74 Å². The lowest BCUT2D eigenvalue weighted by Crippen LogP contribution is -2.32. The third-order valence-corrected chi connectivity index (χ3v) is 3.26. The number of aromatic nitrogens is 2. The first-order valence-corrected chi connectivity index (χ1v) is 6.95. The lowest BCUT2D eigenvalue weighted by Gasteiger charge is -2.23. The van der Waals surface area contributed by atoms with Gasteiger partial charge in [0.1, 0.15) is 11.6 Å². The van der Waals surface area contributed by atoms with Crippen LogP contribution in [0, 0.1) is 0 Å². The van der Waals surface area contributed by atoms with Crippen molar-refractivity contribution in [3.63, 3.8) is 0 Å². The molecule has 21 heavy (non-hydrogen) atoms. The molecule has 1 heterocycles. The average molecular weight is 286 g/mol. The topological polar surface area (TPSA) is 59.1 Å². The SMILES string of the molecule is CNc1cc(NCC(C)(C)OC)nc(-c2ccccc2)n1. The highest BCUT2D eigenvalue weighted by Gasteiger charge is 2.16. The quantitative estimate of drug-likeness (QED) is 0.855. The first-order valence-electron chi connectivity index (χ1n) is 6.95. The summed E-state index contributed by atoms with van der Waals surface area (Å²) < 4.78 is 5.41. The van der Waals surface area contributed by atoms with Crippen LogP contribution in [0.15, 0.2) is 36.4 Å². The maximum Gasteiger partial charge on any atom is 0.163 e. The highest BCUT2D eigenvalue weighted by Crippen LogP contribution is 2.20. The van der Waals surface area contributed by atoms with Crippen molar-refractivity contribution in [3.05, 3.63) is 36.4 Å². The van der Waals surface area contributed by atoms with Gasteiger partial charge in [-0.2, -0.15) is 0 Å². The van der Waals surface area contributed by atoms with Gasteiger partial charge in [-0.25, -0.2) is 9.97 Å². The molecule has 112 valence electrons. The van der Waals surface area contributed by atoms with Crippen LogP contribution >= 0.6 is 0 Å². The summed E-state index contributed by atoms with van der Waals surface area (Å²) in [5.74, 6) is 2.25. The molecule has 5 nitrogen and oxygen atoms in total. The zero-order valence-corrected chi connectivity index (χ0v) is 13.0. The van der Waals surface area contributed by atoms with Crippen LogP contribution in [0.25, 0.3) is 11.4 Å². The second-order valence-corrected chi connectivity index (χ2v) is 5.40. The Labute approximate surface area is 125 Å². The van der Waals surface area contributed by atoms with Crippen LogP contribution in [0.3, 0.4) is 0 Å².